The topological polar surface area (TPSA) is 312 Å². The van der Waals surface area contributed by atoms with Gasteiger partial charge in [0.1, 0.15) is 42.1 Å². The molecule has 0 saturated carbocycles. The van der Waals surface area contributed by atoms with Crippen LogP contribution in [0.2, 0.25) is 0 Å². The van der Waals surface area contributed by atoms with Gasteiger partial charge in [-0.3, -0.25) is 22.7 Å². The average Bonchev–Trinajstić information content (AvgIpc) is 3.58. The number of nitrogens with zero attached hydrogens (tertiary/aromatic N) is 6. The number of hydrogen-bond acceptors (Lipinski definition) is 16. The number of phosphoric acid groups is 2. The Morgan fingerprint density at radius 1 is 1.00 bits per heavy atom. The Balaban J connectivity index is 1.27. The molecule has 2 fully saturated rings. The van der Waals surface area contributed by atoms with Crippen LogP contribution in [-0.2, 0) is 32.2 Å². The van der Waals surface area contributed by atoms with E-state index < -0.39 is 77.5 Å². The summed E-state index contributed by atoms with van der Waals surface area (Å²) in [5, 5.41) is 21.3. The number of nitrogen functional groups attached to an aromatic ring is 2. The zero-order chi connectivity index (χ0) is 30.4. The summed E-state index contributed by atoms with van der Waals surface area (Å²) in [6, 6.07) is 1.21. The fraction of sp³-hybridized carbons (Fsp3) is 0.474. The van der Waals surface area contributed by atoms with Gasteiger partial charge in [0, 0.05) is 12.6 Å². The molecule has 1 unspecified atom stereocenters. The number of aliphatic hydroxyl groups is 2. The predicted octanol–water partition coefficient (Wildman–Crippen LogP) is -2.42. The molecule has 229 valence electrons. The van der Waals surface area contributed by atoms with E-state index in [0.717, 1.165) is 10.8 Å². The normalized spacial score (nSPS) is 29.7. The Bertz CT molecular complexity index is 1600. The number of rotatable bonds is 10. The number of ether oxygens (including phenoxy) is 2. The van der Waals surface area contributed by atoms with E-state index in [4.69, 9.17) is 39.8 Å². The predicted molar refractivity (Wildman–Crippen MR) is 135 cm³/mol. The van der Waals surface area contributed by atoms with Crippen molar-refractivity contribution in [3.63, 3.8) is 0 Å². The SMILES string of the molecule is Nc1ccn([C@@H]2O[C@H](COP(=O)(O)O)[C@@H](OP(=O)(O)OC[C@H]3[CH][C@@H](O)[C@H](n4cnc5c(N)ncnc54)O3)[C@H]2O)c(=O)n1. The van der Waals surface area contributed by atoms with Gasteiger partial charge in [0.2, 0.25) is 0 Å². The van der Waals surface area contributed by atoms with Crippen LogP contribution in [0.4, 0.5) is 11.6 Å². The van der Waals surface area contributed by atoms with E-state index in [-0.39, 0.29) is 22.8 Å². The van der Waals surface area contributed by atoms with Crippen LogP contribution in [0.5, 0.6) is 0 Å². The summed E-state index contributed by atoms with van der Waals surface area (Å²) < 4.78 is 52.0. The highest BCUT2D eigenvalue weighted by molar-refractivity contribution is 7.47. The molecule has 0 amide bonds. The lowest BCUT2D eigenvalue weighted by Crippen LogP contribution is -2.38. The molecular formula is C19H25N8O13P2. The van der Waals surface area contributed by atoms with Crippen molar-refractivity contribution in [2.24, 2.45) is 0 Å². The van der Waals surface area contributed by atoms with Crippen molar-refractivity contribution in [1.29, 1.82) is 0 Å². The van der Waals surface area contributed by atoms with Gasteiger partial charge >= 0.3 is 21.3 Å². The number of nitrogens with two attached hydrogens (primary N) is 2. The molecule has 21 nitrogen and oxygen atoms in total. The fourth-order valence-corrected chi connectivity index (χ4v) is 5.66. The lowest BCUT2D eigenvalue weighted by molar-refractivity contribution is -0.0567. The molecule has 2 saturated heterocycles. The number of fused-ring (bicyclic) bond motifs is 1. The minimum absolute atomic E-state index is 0.107. The maximum atomic E-state index is 12.9. The van der Waals surface area contributed by atoms with Gasteiger partial charge in [-0.2, -0.15) is 4.98 Å². The first kappa shape index (κ1) is 30.5. The summed E-state index contributed by atoms with van der Waals surface area (Å²) in [6.07, 6.45) is -5.20. The van der Waals surface area contributed by atoms with Crippen molar-refractivity contribution >= 4 is 38.4 Å². The van der Waals surface area contributed by atoms with E-state index in [1.54, 1.807) is 0 Å². The summed E-state index contributed by atoms with van der Waals surface area (Å²) in [4.78, 5) is 56.3. The number of aliphatic hydroxyl groups excluding tert-OH is 2. The third-order valence-corrected chi connectivity index (χ3v) is 7.65. The second-order valence-corrected chi connectivity index (χ2v) is 11.7. The van der Waals surface area contributed by atoms with Crippen molar-refractivity contribution in [3.8, 4) is 0 Å². The molecule has 2 aliphatic heterocycles. The first-order valence-corrected chi connectivity index (χ1v) is 14.9. The highest BCUT2D eigenvalue weighted by Gasteiger charge is 2.50. The standard InChI is InChI=1S/C19H25N8O13P2/c20-11-1-2-26(19(30)25-11)18-13(29)14(10(39-18)5-36-41(31,32)33)40-42(34,35)37-4-8-3-9(28)17(38-8)27-7-24-12-15(21)22-6-23-16(12)27/h1-3,6-10,13-14,17-18,28-29H,4-5H2,(H,34,35)(H2,20,25,30)(H2,21,22,23)(H2,31,32,33)/t8-,9-,10-,13-,14-,17-,18-/m1/s1. The minimum Gasteiger partial charge on any atom is -0.388 e. The van der Waals surface area contributed by atoms with Crippen LogP contribution >= 0.6 is 15.6 Å². The molecule has 1 radical (unpaired) electrons. The summed E-state index contributed by atoms with van der Waals surface area (Å²) in [5.74, 6) is -0.0288. The molecule has 3 aromatic heterocycles. The fourth-order valence-electron chi connectivity index (χ4n) is 4.36. The summed E-state index contributed by atoms with van der Waals surface area (Å²) in [5.41, 5.74) is 10.8. The van der Waals surface area contributed by atoms with E-state index in [9.17, 15) is 29.0 Å². The lowest BCUT2D eigenvalue weighted by Gasteiger charge is -2.24. The zero-order valence-corrected chi connectivity index (χ0v) is 22.9. The molecule has 0 bridgehead atoms. The van der Waals surface area contributed by atoms with Gasteiger partial charge in [-0.1, -0.05) is 0 Å². The molecule has 9 N–H and O–H groups in total. The van der Waals surface area contributed by atoms with E-state index in [1.165, 1.54) is 29.7 Å². The molecule has 23 heteroatoms. The maximum Gasteiger partial charge on any atom is 0.472 e. The number of anilines is 2. The highest BCUT2D eigenvalue weighted by atomic mass is 31.2. The van der Waals surface area contributed by atoms with Gasteiger partial charge in [0.15, 0.2) is 23.9 Å². The van der Waals surface area contributed by atoms with Crippen LogP contribution < -0.4 is 17.2 Å². The van der Waals surface area contributed by atoms with Gasteiger partial charge in [0.05, 0.1) is 25.6 Å². The van der Waals surface area contributed by atoms with Gasteiger partial charge in [0.25, 0.3) is 0 Å². The van der Waals surface area contributed by atoms with Crippen LogP contribution in [0.25, 0.3) is 11.2 Å². The number of aromatic nitrogens is 6. The first-order valence-electron chi connectivity index (χ1n) is 11.9. The van der Waals surface area contributed by atoms with Crippen LogP contribution in [0.3, 0.4) is 0 Å². The maximum absolute atomic E-state index is 12.9. The minimum atomic E-state index is -5.07. The van der Waals surface area contributed by atoms with Gasteiger partial charge in [-0.05, 0) is 6.07 Å². The molecule has 5 rings (SSSR count). The molecule has 8 atom stereocenters. The van der Waals surface area contributed by atoms with Crippen LogP contribution in [0, 0.1) is 6.42 Å². The molecular weight excluding hydrogens is 610 g/mol. The third-order valence-electron chi connectivity index (χ3n) is 6.18. The second kappa shape index (κ2) is 11.6. The number of phosphoric ester groups is 2. The summed E-state index contributed by atoms with van der Waals surface area (Å²) in [7, 11) is -10.1. The Labute approximate surface area is 234 Å². The quantitative estimate of drug-likeness (QED) is 0.114. The van der Waals surface area contributed by atoms with Crippen molar-refractivity contribution in [2.75, 3.05) is 24.7 Å². The van der Waals surface area contributed by atoms with Crippen LogP contribution in [-0.4, -0.2) is 97.7 Å². The highest BCUT2D eigenvalue weighted by Crippen LogP contribution is 2.49. The number of imidazole rings is 1. The van der Waals surface area contributed by atoms with E-state index in [0.29, 0.717) is 0 Å². The molecule has 0 aliphatic carbocycles. The Morgan fingerprint density at radius 2 is 1.76 bits per heavy atom. The van der Waals surface area contributed by atoms with Gasteiger partial charge in [-0.25, -0.2) is 28.9 Å². The van der Waals surface area contributed by atoms with E-state index >= 15 is 0 Å². The van der Waals surface area contributed by atoms with E-state index in [1.807, 2.05) is 0 Å². The largest absolute Gasteiger partial charge is 0.472 e. The molecule has 5 heterocycles. The first-order chi connectivity index (χ1) is 19.7. The van der Waals surface area contributed by atoms with Gasteiger partial charge < -0.3 is 45.8 Å². The Morgan fingerprint density at radius 3 is 2.48 bits per heavy atom. The summed E-state index contributed by atoms with van der Waals surface area (Å²) >= 11 is 0. The van der Waals surface area contributed by atoms with Crippen molar-refractivity contribution in [1.82, 2.24) is 29.1 Å². The number of hydrogen-bond donors (Lipinski definition) is 7. The Kier molecular flexibility index (Phi) is 8.47. The third kappa shape index (κ3) is 6.52. The monoisotopic (exact) mass is 635 g/mol. The molecule has 0 aromatic carbocycles. The smallest absolute Gasteiger partial charge is 0.388 e. The molecule has 3 aromatic rings. The zero-order valence-electron chi connectivity index (χ0n) is 21.1. The molecule has 42 heavy (non-hydrogen) atoms. The van der Waals surface area contributed by atoms with Gasteiger partial charge in [-0.15, -0.1) is 0 Å². The average molecular weight is 635 g/mol. The van der Waals surface area contributed by atoms with Crippen LogP contribution in [0.15, 0.2) is 29.7 Å². The van der Waals surface area contributed by atoms with Crippen molar-refractivity contribution < 1.29 is 57.1 Å². The molecule has 2 aliphatic rings. The molecule has 0 spiro atoms. The van der Waals surface area contributed by atoms with Crippen molar-refractivity contribution in [2.45, 2.75) is 43.0 Å². The van der Waals surface area contributed by atoms with E-state index in [2.05, 4.69) is 24.5 Å². The van der Waals surface area contributed by atoms with Crippen LogP contribution in [0.1, 0.15) is 12.5 Å². The van der Waals surface area contributed by atoms with Crippen molar-refractivity contribution in [3.05, 3.63) is 41.8 Å². The summed E-state index contributed by atoms with van der Waals surface area (Å²) in [6.45, 7) is -1.54. The Hall–Kier alpha value is -2.91. The second-order valence-electron chi connectivity index (χ2n) is 9.05. The lowest BCUT2D eigenvalue weighted by atomic mass is 10.1.